The third-order valence-corrected chi connectivity index (χ3v) is 4.35. The van der Waals surface area contributed by atoms with Crippen molar-refractivity contribution in [1.82, 2.24) is 14.3 Å². The molecular weight excluding hydrogens is 326 g/mol. The topological polar surface area (TPSA) is 53.9 Å². The summed E-state index contributed by atoms with van der Waals surface area (Å²) in [4.78, 5) is 6.87. The number of imidazole rings is 1. The molecule has 0 radical (unpaired) electrons. The SMILES string of the molecule is OC(CN(Cc1ccccc1)Cc1cn2ccccc2n1)c1ccco1. The predicted octanol–water partition coefficient (Wildman–Crippen LogP) is 3.66. The first-order chi connectivity index (χ1) is 12.8. The molecule has 1 atom stereocenters. The third kappa shape index (κ3) is 3.85. The van der Waals surface area contributed by atoms with Gasteiger partial charge in [0, 0.05) is 32.0 Å². The van der Waals surface area contributed by atoms with Gasteiger partial charge in [0.15, 0.2) is 0 Å². The minimum absolute atomic E-state index is 0.469. The van der Waals surface area contributed by atoms with Gasteiger partial charge in [-0.25, -0.2) is 4.98 Å². The van der Waals surface area contributed by atoms with Gasteiger partial charge in [-0.3, -0.25) is 4.90 Å². The van der Waals surface area contributed by atoms with Gasteiger partial charge >= 0.3 is 0 Å². The minimum Gasteiger partial charge on any atom is -0.467 e. The second-order valence-electron chi connectivity index (χ2n) is 6.38. The van der Waals surface area contributed by atoms with Crippen LogP contribution in [0.1, 0.15) is 23.1 Å². The second kappa shape index (κ2) is 7.56. The number of aliphatic hydroxyl groups is 1. The Morgan fingerprint density at radius 3 is 2.62 bits per heavy atom. The van der Waals surface area contributed by atoms with Gasteiger partial charge in [-0.05, 0) is 29.8 Å². The molecular formula is C21H21N3O2. The highest BCUT2D eigenvalue weighted by Crippen LogP contribution is 2.18. The number of benzene rings is 1. The van der Waals surface area contributed by atoms with Crippen LogP contribution in [0.25, 0.3) is 5.65 Å². The van der Waals surface area contributed by atoms with Crippen LogP contribution < -0.4 is 0 Å². The first-order valence-electron chi connectivity index (χ1n) is 8.68. The summed E-state index contributed by atoms with van der Waals surface area (Å²) >= 11 is 0. The molecule has 5 nitrogen and oxygen atoms in total. The van der Waals surface area contributed by atoms with Crippen molar-refractivity contribution >= 4 is 5.65 Å². The average Bonchev–Trinajstić information content (AvgIpc) is 3.32. The van der Waals surface area contributed by atoms with Crippen molar-refractivity contribution in [2.75, 3.05) is 6.54 Å². The van der Waals surface area contributed by atoms with Crippen LogP contribution in [0.3, 0.4) is 0 Å². The molecule has 4 aromatic rings. The van der Waals surface area contributed by atoms with Crippen molar-refractivity contribution in [3.05, 3.63) is 96.3 Å². The zero-order valence-corrected chi connectivity index (χ0v) is 14.4. The van der Waals surface area contributed by atoms with Gasteiger partial charge in [-0.2, -0.15) is 0 Å². The van der Waals surface area contributed by atoms with E-state index in [1.54, 1.807) is 18.4 Å². The van der Waals surface area contributed by atoms with E-state index in [-0.39, 0.29) is 0 Å². The fourth-order valence-electron chi connectivity index (χ4n) is 3.13. The number of aromatic nitrogens is 2. The molecule has 26 heavy (non-hydrogen) atoms. The van der Waals surface area contributed by atoms with Crippen LogP contribution in [-0.4, -0.2) is 25.9 Å². The van der Waals surface area contributed by atoms with E-state index in [9.17, 15) is 5.11 Å². The molecule has 0 bridgehead atoms. The number of nitrogens with zero attached hydrogens (tertiary/aromatic N) is 3. The quantitative estimate of drug-likeness (QED) is 0.554. The Kier molecular flexibility index (Phi) is 4.82. The summed E-state index contributed by atoms with van der Waals surface area (Å²) in [5, 5.41) is 10.5. The molecule has 3 heterocycles. The van der Waals surface area contributed by atoms with E-state index in [0.29, 0.717) is 18.8 Å². The molecule has 0 fully saturated rings. The molecule has 132 valence electrons. The number of hydrogen-bond acceptors (Lipinski definition) is 4. The summed E-state index contributed by atoms with van der Waals surface area (Å²) in [6.07, 6.45) is 4.94. The summed E-state index contributed by atoms with van der Waals surface area (Å²) in [7, 11) is 0. The Labute approximate surface area is 152 Å². The maximum atomic E-state index is 10.5. The van der Waals surface area contributed by atoms with E-state index in [4.69, 9.17) is 4.42 Å². The molecule has 0 aliphatic heterocycles. The van der Waals surface area contributed by atoms with E-state index in [0.717, 1.165) is 17.9 Å². The van der Waals surface area contributed by atoms with Gasteiger partial charge in [0.2, 0.25) is 0 Å². The summed E-state index contributed by atoms with van der Waals surface area (Å²) in [5.41, 5.74) is 3.09. The summed E-state index contributed by atoms with van der Waals surface area (Å²) < 4.78 is 7.36. The molecule has 5 heteroatoms. The fourth-order valence-corrected chi connectivity index (χ4v) is 3.13. The molecule has 0 amide bonds. The highest BCUT2D eigenvalue weighted by atomic mass is 16.4. The van der Waals surface area contributed by atoms with Crippen molar-refractivity contribution in [3.63, 3.8) is 0 Å². The fraction of sp³-hybridized carbons (Fsp3) is 0.190. The number of pyridine rings is 1. The zero-order valence-electron chi connectivity index (χ0n) is 14.4. The molecule has 0 aliphatic carbocycles. The van der Waals surface area contributed by atoms with Gasteiger partial charge in [-0.1, -0.05) is 36.4 Å². The van der Waals surface area contributed by atoms with Crippen molar-refractivity contribution in [1.29, 1.82) is 0 Å². The Bertz CT molecular complexity index is 915. The molecule has 0 spiro atoms. The van der Waals surface area contributed by atoms with Crippen LogP contribution in [0.2, 0.25) is 0 Å². The molecule has 1 unspecified atom stereocenters. The van der Waals surface area contributed by atoms with Crippen LogP contribution in [0, 0.1) is 0 Å². The van der Waals surface area contributed by atoms with Crippen molar-refractivity contribution in [3.8, 4) is 0 Å². The van der Waals surface area contributed by atoms with E-state index in [2.05, 4.69) is 22.0 Å². The monoisotopic (exact) mass is 347 g/mol. The van der Waals surface area contributed by atoms with Gasteiger partial charge in [0.1, 0.15) is 17.5 Å². The molecule has 0 aliphatic rings. The predicted molar refractivity (Wildman–Crippen MR) is 99.4 cm³/mol. The van der Waals surface area contributed by atoms with E-state index < -0.39 is 6.10 Å². The Morgan fingerprint density at radius 2 is 1.85 bits per heavy atom. The van der Waals surface area contributed by atoms with Crippen LogP contribution in [-0.2, 0) is 13.1 Å². The van der Waals surface area contributed by atoms with Crippen molar-refractivity contribution in [2.45, 2.75) is 19.2 Å². The number of hydrogen-bond donors (Lipinski definition) is 1. The van der Waals surface area contributed by atoms with Gasteiger partial charge in [0.05, 0.1) is 12.0 Å². The first-order valence-corrected chi connectivity index (χ1v) is 8.68. The smallest absolute Gasteiger partial charge is 0.137 e. The van der Waals surface area contributed by atoms with Crippen molar-refractivity contribution < 1.29 is 9.52 Å². The lowest BCUT2D eigenvalue weighted by atomic mass is 10.2. The van der Waals surface area contributed by atoms with Crippen LogP contribution in [0.5, 0.6) is 0 Å². The summed E-state index contributed by atoms with van der Waals surface area (Å²) in [6, 6.07) is 19.8. The Hall–Kier alpha value is -2.89. The summed E-state index contributed by atoms with van der Waals surface area (Å²) in [5.74, 6) is 0.582. The van der Waals surface area contributed by atoms with Crippen LogP contribution in [0.4, 0.5) is 0 Å². The lowest BCUT2D eigenvalue weighted by molar-refractivity contribution is 0.0867. The molecule has 0 saturated heterocycles. The molecule has 4 rings (SSSR count). The van der Waals surface area contributed by atoms with E-state index >= 15 is 0 Å². The molecule has 1 aromatic carbocycles. The normalized spacial score (nSPS) is 12.7. The maximum absolute atomic E-state index is 10.5. The lowest BCUT2D eigenvalue weighted by Crippen LogP contribution is -2.28. The average molecular weight is 347 g/mol. The number of furan rings is 1. The largest absolute Gasteiger partial charge is 0.467 e. The minimum atomic E-state index is -0.675. The third-order valence-electron chi connectivity index (χ3n) is 4.35. The highest BCUT2D eigenvalue weighted by Gasteiger charge is 2.17. The van der Waals surface area contributed by atoms with E-state index in [1.807, 2.05) is 53.2 Å². The molecule has 3 aromatic heterocycles. The standard InChI is InChI=1S/C21H21N3O2/c25-19(20-9-6-12-26-20)16-23(13-17-7-2-1-3-8-17)14-18-15-24-11-5-4-10-21(24)22-18/h1-12,15,19,25H,13-14,16H2. The van der Waals surface area contributed by atoms with E-state index in [1.165, 1.54) is 5.56 Å². The Balaban J connectivity index is 1.54. The zero-order chi connectivity index (χ0) is 17.8. The van der Waals surface area contributed by atoms with Gasteiger partial charge in [-0.15, -0.1) is 0 Å². The van der Waals surface area contributed by atoms with Gasteiger partial charge in [0.25, 0.3) is 0 Å². The number of rotatable bonds is 7. The maximum Gasteiger partial charge on any atom is 0.137 e. The van der Waals surface area contributed by atoms with Crippen LogP contribution >= 0.6 is 0 Å². The Morgan fingerprint density at radius 1 is 1.00 bits per heavy atom. The molecule has 1 N–H and O–H groups in total. The first kappa shape index (κ1) is 16.6. The molecule has 0 saturated carbocycles. The number of aliphatic hydroxyl groups excluding tert-OH is 1. The highest BCUT2D eigenvalue weighted by molar-refractivity contribution is 5.39. The van der Waals surface area contributed by atoms with Crippen molar-refractivity contribution in [2.24, 2.45) is 0 Å². The van der Waals surface area contributed by atoms with Crippen LogP contribution in [0.15, 0.2) is 83.7 Å². The summed E-state index contributed by atoms with van der Waals surface area (Å²) in [6.45, 7) is 1.84. The number of fused-ring (bicyclic) bond motifs is 1. The van der Waals surface area contributed by atoms with Gasteiger partial charge < -0.3 is 13.9 Å². The lowest BCUT2D eigenvalue weighted by Gasteiger charge is -2.23. The second-order valence-corrected chi connectivity index (χ2v) is 6.38.